The van der Waals surface area contributed by atoms with Gasteiger partial charge in [-0.05, 0) is 42.5 Å². The van der Waals surface area contributed by atoms with E-state index in [-0.39, 0.29) is 10.6 Å². The van der Waals surface area contributed by atoms with Crippen molar-refractivity contribution < 1.29 is 23.4 Å². The Balaban J connectivity index is 2.31. The monoisotopic (exact) mass is 370 g/mol. The van der Waals surface area contributed by atoms with Crippen molar-refractivity contribution >= 4 is 37.6 Å². The lowest BCUT2D eigenvalue weighted by Crippen LogP contribution is -2.13. The zero-order chi connectivity index (χ0) is 15.6. The van der Waals surface area contributed by atoms with E-state index in [2.05, 4.69) is 20.7 Å². The molecular formula is C13H9BrNO5S-. The predicted octanol–water partition coefficient (Wildman–Crippen LogP) is 2.02. The second-order valence-electron chi connectivity index (χ2n) is 4.08. The van der Waals surface area contributed by atoms with Crippen molar-refractivity contribution in [2.24, 2.45) is 0 Å². The molecule has 0 saturated carbocycles. The summed E-state index contributed by atoms with van der Waals surface area (Å²) in [6, 6.07) is 9.15. The third kappa shape index (κ3) is 3.53. The van der Waals surface area contributed by atoms with Crippen molar-refractivity contribution in [2.75, 3.05) is 4.72 Å². The van der Waals surface area contributed by atoms with E-state index in [4.69, 9.17) is 5.11 Å². The molecule has 0 saturated heterocycles. The maximum absolute atomic E-state index is 12.1. The molecular weight excluding hydrogens is 362 g/mol. The Bertz CT molecular complexity index is 787. The molecule has 0 amide bonds. The summed E-state index contributed by atoms with van der Waals surface area (Å²) in [4.78, 5) is 10.8. The SMILES string of the molecule is O=C(O)c1ccc(NS(=O)(=O)c2ccc(Br)cc2)cc1[O-]. The number of rotatable bonds is 4. The number of benzene rings is 2. The zero-order valence-corrected chi connectivity index (χ0v) is 12.8. The number of carboxylic acids is 1. The number of sulfonamides is 1. The minimum absolute atomic E-state index is 0.00733. The highest BCUT2D eigenvalue weighted by atomic mass is 79.9. The van der Waals surface area contributed by atoms with Crippen LogP contribution in [0.25, 0.3) is 0 Å². The first-order valence-electron chi connectivity index (χ1n) is 5.62. The number of hydrogen-bond acceptors (Lipinski definition) is 4. The van der Waals surface area contributed by atoms with Gasteiger partial charge in [0.25, 0.3) is 10.0 Å². The van der Waals surface area contributed by atoms with Crippen molar-refractivity contribution in [1.29, 1.82) is 0 Å². The van der Waals surface area contributed by atoms with Gasteiger partial charge in [0.1, 0.15) is 0 Å². The number of carboxylic acid groups (broad SMARTS) is 1. The average molecular weight is 371 g/mol. The van der Waals surface area contributed by atoms with E-state index >= 15 is 0 Å². The second-order valence-corrected chi connectivity index (χ2v) is 6.67. The molecule has 6 nitrogen and oxygen atoms in total. The highest BCUT2D eigenvalue weighted by Gasteiger charge is 2.14. The smallest absolute Gasteiger partial charge is 0.335 e. The van der Waals surface area contributed by atoms with Crippen molar-refractivity contribution in [1.82, 2.24) is 0 Å². The summed E-state index contributed by atoms with van der Waals surface area (Å²) in [5.41, 5.74) is -0.408. The van der Waals surface area contributed by atoms with E-state index < -0.39 is 27.3 Å². The maximum atomic E-state index is 12.1. The van der Waals surface area contributed by atoms with Gasteiger partial charge in [-0.1, -0.05) is 21.7 Å². The van der Waals surface area contributed by atoms with Crippen LogP contribution in [0.5, 0.6) is 5.75 Å². The highest BCUT2D eigenvalue weighted by molar-refractivity contribution is 9.10. The third-order valence-electron chi connectivity index (χ3n) is 2.59. The molecule has 8 heteroatoms. The van der Waals surface area contributed by atoms with Crippen LogP contribution in [0.3, 0.4) is 0 Å². The quantitative estimate of drug-likeness (QED) is 0.855. The molecule has 2 rings (SSSR count). The maximum Gasteiger partial charge on any atom is 0.335 e. The lowest BCUT2D eigenvalue weighted by atomic mass is 10.2. The van der Waals surface area contributed by atoms with Crippen LogP contribution in [-0.4, -0.2) is 19.5 Å². The lowest BCUT2D eigenvalue weighted by Gasteiger charge is -2.14. The summed E-state index contributed by atoms with van der Waals surface area (Å²) in [5.74, 6) is -2.12. The molecule has 2 aromatic rings. The van der Waals surface area contributed by atoms with E-state index in [1.807, 2.05) is 0 Å². The summed E-state index contributed by atoms with van der Waals surface area (Å²) >= 11 is 3.20. The molecule has 0 unspecified atom stereocenters. The molecule has 0 aliphatic carbocycles. The Kier molecular flexibility index (Phi) is 4.19. The van der Waals surface area contributed by atoms with Crippen molar-refractivity contribution in [3.8, 4) is 5.75 Å². The predicted molar refractivity (Wildman–Crippen MR) is 77.8 cm³/mol. The van der Waals surface area contributed by atoms with Crippen LogP contribution in [0.1, 0.15) is 10.4 Å². The van der Waals surface area contributed by atoms with Crippen LogP contribution in [0.4, 0.5) is 5.69 Å². The zero-order valence-electron chi connectivity index (χ0n) is 10.4. The Hall–Kier alpha value is -2.06. The molecule has 0 aliphatic heterocycles. The van der Waals surface area contributed by atoms with Gasteiger partial charge < -0.3 is 10.2 Å². The number of carbonyl (C=O) groups is 1. The Morgan fingerprint density at radius 1 is 1.14 bits per heavy atom. The lowest BCUT2D eigenvalue weighted by molar-refractivity contribution is -0.268. The largest absolute Gasteiger partial charge is 0.872 e. The van der Waals surface area contributed by atoms with Gasteiger partial charge >= 0.3 is 5.97 Å². The molecule has 2 N–H and O–H groups in total. The van der Waals surface area contributed by atoms with Crippen LogP contribution in [-0.2, 0) is 10.0 Å². The van der Waals surface area contributed by atoms with Crippen molar-refractivity contribution in [2.45, 2.75) is 4.90 Å². The molecule has 110 valence electrons. The second kappa shape index (κ2) is 5.74. The standard InChI is InChI=1S/C13H10BrNO5S/c14-8-1-4-10(5-2-8)21(19,20)15-9-3-6-11(13(17)18)12(16)7-9/h1-7,15-16H,(H,17,18)/p-1. The number of anilines is 1. The third-order valence-corrected chi connectivity index (χ3v) is 4.51. The van der Waals surface area contributed by atoms with Crippen LogP contribution in [0, 0.1) is 0 Å². The van der Waals surface area contributed by atoms with E-state index in [0.29, 0.717) is 0 Å². The Morgan fingerprint density at radius 2 is 1.76 bits per heavy atom. The van der Waals surface area contributed by atoms with Crippen molar-refractivity contribution in [3.05, 3.63) is 52.5 Å². The number of aromatic carboxylic acids is 1. The first kappa shape index (κ1) is 15.3. The fourth-order valence-corrected chi connectivity index (χ4v) is 2.90. The van der Waals surface area contributed by atoms with E-state index in [1.165, 1.54) is 18.2 Å². The summed E-state index contributed by atoms with van der Waals surface area (Å²) < 4.78 is 27.2. The Labute approximate surface area is 129 Å². The highest BCUT2D eigenvalue weighted by Crippen LogP contribution is 2.23. The number of hydrogen-bond donors (Lipinski definition) is 2. The number of halogens is 1. The molecule has 0 aliphatic rings. The van der Waals surface area contributed by atoms with Crippen LogP contribution >= 0.6 is 15.9 Å². The molecule has 0 fully saturated rings. The van der Waals surface area contributed by atoms with Gasteiger partial charge in [0.2, 0.25) is 0 Å². The molecule has 0 heterocycles. The van der Waals surface area contributed by atoms with Crippen LogP contribution in [0.15, 0.2) is 51.8 Å². The van der Waals surface area contributed by atoms with E-state index in [0.717, 1.165) is 16.6 Å². The normalized spacial score (nSPS) is 11.1. The average Bonchev–Trinajstić information content (AvgIpc) is 2.38. The van der Waals surface area contributed by atoms with Gasteiger partial charge in [-0.2, -0.15) is 0 Å². The van der Waals surface area contributed by atoms with Crippen molar-refractivity contribution in [3.63, 3.8) is 0 Å². The minimum Gasteiger partial charge on any atom is -0.872 e. The van der Waals surface area contributed by atoms with E-state index in [9.17, 15) is 18.3 Å². The molecule has 0 spiro atoms. The molecule has 2 aromatic carbocycles. The summed E-state index contributed by atoms with van der Waals surface area (Å²) in [6.45, 7) is 0. The molecule has 0 radical (unpaired) electrons. The van der Waals surface area contributed by atoms with E-state index in [1.54, 1.807) is 12.1 Å². The van der Waals surface area contributed by atoms with Gasteiger partial charge in [-0.3, -0.25) is 4.72 Å². The summed E-state index contributed by atoms with van der Waals surface area (Å²) in [5, 5.41) is 20.3. The van der Waals surface area contributed by atoms with Gasteiger partial charge in [0.05, 0.1) is 10.5 Å². The Morgan fingerprint density at radius 3 is 2.29 bits per heavy atom. The molecule has 21 heavy (non-hydrogen) atoms. The topological polar surface area (TPSA) is 107 Å². The van der Waals surface area contributed by atoms with Gasteiger partial charge in [-0.25, -0.2) is 13.2 Å². The molecule has 0 aromatic heterocycles. The first-order chi connectivity index (χ1) is 9.79. The number of nitrogens with one attached hydrogen (secondary N) is 1. The van der Waals surface area contributed by atoms with Gasteiger partial charge in [0, 0.05) is 10.2 Å². The summed E-state index contributed by atoms with van der Waals surface area (Å²) in [6.07, 6.45) is 0. The van der Waals surface area contributed by atoms with Crippen LogP contribution in [0.2, 0.25) is 0 Å². The van der Waals surface area contributed by atoms with Crippen LogP contribution < -0.4 is 9.83 Å². The van der Waals surface area contributed by atoms with Gasteiger partial charge in [-0.15, -0.1) is 0 Å². The van der Waals surface area contributed by atoms with Gasteiger partial charge in [0.15, 0.2) is 0 Å². The molecule has 0 bridgehead atoms. The molecule has 0 atom stereocenters. The minimum atomic E-state index is -3.84. The first-order valence-corrected chi connectivity index (χ1v) is 7.90. The fraction of sp³-hybridized carbons (Fsp3) is 0. The fourth-order valence-electron chi connectivity index (χ4n) is 1.59. The summed E-state index contributed by atoms with van der Waals surface area (Å²) in [7, 11) is -3.84.